The molecule has 0 spiro atoms. The van der Waals surface area contributed by atoms with E-state index in [-0.39, 0.29) is 75.0 Å². The fourth-order valence-corrected chi connectivity index (χ4v) is 10.00. The van der Waals surface area contributed by atoms with E-state index in [1.807, 2.05) is 44.2 Å². The van der Waals surface area contributed by atoms with Crippen molar-refractivity contribution in [3.05, 3.63) is 65.7 Å². The molecule has 2 aliphatic heterocycles. The first-order chi connectivity index (χ1) is 36.0. The van der Waals surface area contributed by atoms with Crippen LogP contribution in [0.25, 0.3) is 0 Å². The van der Waals surface area contributed by atoms with Crippen molar-refractivity contribution in [2.45, 2.75) is 141 Å². The molecule has 7 N–H and O–H groups in total. The number of likely N-dealkylation sites (tertiary alicyclic amines) is 2. The van der Waals surface area contributed by atoms with Crippen LogP contribution in [0.1, 0.15) is 103 Å². The predicted octanol–water partition coefficient (Wildman–Crippen LogP) is 2.50. The maximum Gasteiger partial charge on any atom is 0.246 e. The topological polar surface area (TPSA) is 249 Å². The molecule has 20 nitrogen and oxygen atoms in total. The Hall–Kier alpha value is -5.96. The number of ether oxygens (including phenoxy) is 2. The number of anilines is 1. The molecule has 416 valence electrons. The molecule has 0 radical (unpaired) electrons. The Kier molecular flexibility index (Phi) is 26.7. The quantitative estimate of drug-likeness (QED) is 0.0539. The Morgan fingerprint density at radius 2 is 1.43 bits per heavy atom. The number of nitrogens with one attached hydrogen (secondary N) is 7. The average Bonchev–Trinajstić information content (AvgIpc) is 3.91. The van der Waals surface area contributed by atoms with Crippen molar-refractivity contribution in [3.63, 3.8) is 0 Å². The van der Waals surface area contributed by atoms with Crippen molar-refractivity contribution in [1.82, 2.24) is 46.6 Å². The number of amides is 8. The van der Waals surface area contributed by atoms with E-state index < -0.39 is 65.8 Å². The van der Waals surface area contributed by atoms with Crippen LogP contribution in [0.4, 0.5) is 5.69 Å². The molecule has 0 bridgehead atoms. The van der Waals surface area contributed by atoms with E-state index in [1.165, 1.54) is 7.11 Å². The largest absolute Gasteiger partial charge is 0.379 e. The summed E-state index contributed by atoms with van der Waals surface area (Å²) in [5.41, 5.74) is 2.02. The Bertz CT molecular complexity index is 2140. The SMILES string of the molecule is CCC(C)C(C(CC(=O)N1CCCC1C(OC)C(C)C(=O)NC(Cc1ccccc1)C(=O)NCc1ccc(NC(=O)C(CCCNC)NC(=O)CNC(=O)CCC(=O)N2CCCCC2)cc1)OC)N(C)C(=O)CNC. The molecule has 0 saturated carbocycles. The summed E-state index contributed by atoms with van der Waals surface area (Å²) < 4.78 is 11.9. The molecule has 8 unspecified atom stereocenters. The first-order valence-electron chi connectivity index (χ1n) is 26.8. The summed E-state index contributed by atoms with van der Waals surface area (Å²) in [7, 11) is 8.33. The van der Waals surface area contributed by atoms with Gasteiger partial charge in [0.2, 0.25) is 47.3 Å². The minimum Gasteiger partial charge on any atom is -0.379 e. The summed E-state index contributed by atoms with van der Waals surface area (Å²) in [6.07, 6.45) is 5.08. The van der Waals surface area contributed by atoms with Crippen molar-refractivity contribution < 1.29 is 47.8 Å². The summed E-state index contributed by atoms with van der Waals surface area (Å²) in [6.45, 7) is 8.26. The predicted molar refractivity (Wildman–Crippen MR) is 287 cm³/mol. The third-order valence-corrected chi connectivity index (χ3v) is 14.5. The van der Waals surface area contributed by atoms with Crippen LogP contribution in [0.3, 0.4) is 0 Å². The second-order valence-corrected chi connectivity index (χ2v) is 19.9. The molecular formula is C55H86N10O10. The number of hydrogen-bond acceptors (Lipinski definition) is 12. The highest BCUT2D eigenvalue weighted by Gasteiger charge is 2.42. The van der Waals surface area contributed by atoms with Crippen molar-refractivity contribution in [2.24, 2.45) is 11.8 Å². The van der Waals surface area contributed by atoms with E-state index in [9.17, 15) is 38.4 Å². The third-order valence-electron chi connectivity index (χ3n) is 14.5. The van der Waals surface area contributed by atoms with E-state index >= 15 is 0 Å². The maximum absolute atomic E-state index is 14.2. The van der Waals surface area contributed by atoms with Gasteiger partial charge in [-0.3, -0.25) is 38.4 Å². The molecule has 2 aromatic rings. The van der Waals surface area contributed by atoms with Gasteiger partial charge in [0.1, 0.15) is 12.1 Å². The van der Waals surface area contributed by atoms with E-state index in [1.54, 1.807) is 74.1 Å². The van der Waals surface area contributed by atoms with Gasteiger partial charge < -0.3 is 61.4 Å². The maximum atomic E-state index is 14.2. The van der Waals surface area contributed by atoms with Crippen LogP contribution in [0.5, 0.6) is 0 Å². The molecule has 0 aliphatic carbocycles. The van der Waals surface area contributed by atoms with Crippen LogP contribution < -0.4 is 37.2 Å². The highest BCUT2D eigenvalue weighted by atomic mass is 16.5. The van der Waals surface area contributed by atoms with E-state index in [0.717, 1.165) is 36.8 Å². The van der Waals surface area contributed by atoms with Gasteiger partial charge in [0.25, 0.3) is 0 Å². The zero-order valence-electron chi connectivity index (χ0n) is 45.7. The van der Waals surface area contributed by atoms with Crippen molar-refractivity contribution >= 4 is 52.9 Å². The zero-order valence-corrected chi connectivity index (χ0v) is 45.7. The number of likely N-dealkylation sites (N-methyl/N-ethyl adjacent to an activating group) is 2. The molecular weight excluding hydrogens is 961 g/mol. The summed E-state index contributed by atoms with van der Waals surface area (Å²) in [5, 5.41) is 20.0. The summed E-state index contributed by atoms with van der Waals surface area (Å²) in [5.74, 6) is -3.25. The van der Waals surface area contributed by atoms with Gasteiger partial charge in [0.15, 0.2) is 0 Å². The van der Waals surface area contributed by atoms with Crippen LogP contribution in [-0.4, -0.2) is 173 Å². The number of hydrogen-bond donors (Lipinski definition) is 7. The van der Waals surface area contributed by atoms with E-state index in [0.29, 0.717) is 57.5 Å². The third kappa shape index (κ3) is 19.6. The monoisotopic (exact) mass is 1050 g/mol. The number of piperidine rings is 1. The number of carbonyl (C=O) groups excluding carboxylic acids is 8. The number of carbonyl (C=O) groups is 8. The molecule has 2 aromatic carbocycles. The normalized spacial score (nSPS) is 17.3. The fraction of sp³-hybridized carbons (Fsp3) is 0.636. The molecule has 0 aromatic heterocycles. The van der Waals surface area contributed by atoms with Gasteiger partial charge in [-0.25, -0.2) is 0 Å². The van der Waals surface area contributed by atoms with Gasteiger partial charge in [-0.15, -0.1) is 0 Å². The van der Waals surface area contributed by atoms with Crippen molar-refractivity contribution in [1.29, 1.82) is 0 Å². The molecule has 2 saturated heterocycles. The average molecular weight is 1050 g/mol. The Balaban J connectivity index is 1.36. The van der Waals surface area contributed by atoms with Crippen LogP contribution in [-0.2, 0) is 60.8 Å². The van der Waals surface area contributed by atoms with Gasteiger partial charge >= 0.3 is 0 Å². The lowest BCUT2D eigenvalue weighted by molar-refractivity contribution is -0.145. The van der Waals surface area contributed by atoms with E-state index in [4.69, 9.17) is 9.47 Å². The summed E-state index contributed by atoms with van der Waals surface area (Å²) >= 11 is 0. The minimum absolute atomic E-state index is 0.0288. The zero-order chi connectivity index (χ0) is 54.9. The molecule has 2 aliphatic rings. The van der Waals surface area contributed by atoms with Gasteiger partial charge in [0.05, 0.1) is 49.7 Å². The first kappa shape index (κ1) is 61.6. The Morgan fingerprint density at radius 3 is 2.07 bits per heavy atom. The Morgan fingerprint density at radius 1 is 0.720 bits per heavy atom. The summed E-state index contributed by atoms with van der Waals surface area (Å²) in [6, 6.07) is 13.6. The van der Waals surface area contributed by atoms with Gasteiger partial charge in [-0.2, -0.15) is 0 Å². The van der Waals surface area contributed by atoms with Crippen LogP contribution in [0, 0.1) is 11.8 Å². The minimum atomic E-state index is -0.959. The molecule has 20 heteroatoms. The van der Waals surface area contributed by atoms with Crippen LogP contribution in [0.15, 0.2) is 54.6 Å². The molecule has 75 heavy (non-hydrogen) atoms. The van der Waals surface area contributed by atoms with Gasteiger partial charge in [0, 0.05) is 72.4 Å². The standard InChI is InChI=1S/C55H86N10O10/c1-9-37(2)51(63(6)50(70)36-57-5)45(74-7)33-49(69)65-31-17-21-44(65)52(75-8)38(3)53(71)62-43(32-39-18-12-10-13-19-39)54(72)59-34-40-22-24-41(25-23-40)60-55(73)42(20-16-28-56-4)61-47(67)35-58-46(66)26-27-48(68)64-29-14-11-15-30-64/h10,12-13,18-19,22-25,37-38,42-45,51-52,56-57H,9,11,14-17,20-21,26-36H2,1-8H3,(H,58,66)(H,59,72)(H,60,73)(H,61,67)(H,62,71). The highest BCUT2D eigenvalue weighted by Crippen LogP contribution is 2.29. The Labute approximate surface area is 444 Å². The summed E-state index contributed by atoms with van der Waals surface area (Å²) in [4.78, 5) is 112. The molecule has 2 fully saturated rings. The van der Waals surface area contributed by atoms with Crippen LogP contribution in [0.2, 0.25) is 0 Å². The van der Waals surface area contributed by atoms with Crippen molar-refractivity contribution in [2.75, 3.05) is 79.9 Å². The highest BCUT2D eigenvalue weighted by molar-refractivity contribution is 5.98. The van der Waals surface area contributed by atoms with E-state index in [2.05, 4.69) is 37.2 Å². The molecule has 8 amide bonds. The fourth-order valence-electron chi connectivity index (χ4n) is 10.00. The number of rotatable bonds is 31. The first-order valence-corrected chi connectivity index (χ1v) is 26.8. The number of methoxy groups -OCH3 is 2. The molecule has 8 atom stereocenters. The molecule has 2 heterocycles. The number of benzene rings is 2. The second kappa shape index (κ2) is 32.5. The number of nitrogens with zero attached hydrogens (tertiary/aromatic N) is 3. The van der Waals surface area contributed by atoms with Crippen LogP contribution >= 0.6 is 0 Å². The smallest absolute Gasteiger partial charge is 0.246 e. The lowest BCUT2D eigenvalue weighted by atomic mass is 9.90. The lowest BCUT2D eigenvalue weighted by Gasteiger charge is -2.39. The van der Waals surface area contributed by atoms with Gasteiger partial charge in [-0.1, -0.05) is 69.7 Å². The second-order valence-electron chi connectivity index (χ2n) is 19.9. The lowest BCUT2D eigenvalue weighted by Crippen LogP contribution is -2.55. The molecule has 4 rings (SSSR count). The van der Waals surface area contributed by atoms with Gasteiger partial charge in [-0.05, 0) is 94.8 Å². The van der Waals surface area contributed by atoms with Crippen molar-refractivity contribution in [3.8, 4) is 0 Å².